The second-order valence-corrected chi connectivity index (χ2v) is 8.87. The van der Waals surface area contributed by atoms with E-state index in [4.69, 9.17) is 9.47 Å². The van der Waals surface area contributed by atoms with Gasteiger partial charge in [-0.25, -0.2) is 0 Å². The van der Waals surface area contributed by atoms with E-state index in [1.165, 1.54) is 0 Å². The standard InChI is InChI=1S/C25H35NO3/c1-5-24(6-2)20-25(19-23(3,4)26(24)27,28-17-21-13-9-7-10-14-21)29-18-22-15-11-8-12-16-22/h7-16,27H,5-6,17-20H2,1-4H3. The van der Waals surface area contributed by atoms with Crippen LogP contribution in [-0.2, 0) is 22.7 Å². The number of piperidine rings is 1. The molecule has 0 radical (unpaired) electrons. The van der Waals surface area contributed by atoms with Crippen molar-refractivity contribution in [3.05, 3.63) is 71.8 Å². The molecule has 4 nitrogen and oxygen atoms in total. The molecule has 0 spiro atoms. The van der Waals surface area contributed by atoms with Crippen LogP contribution in [-0.4, -0.2) is 27.1 Å². The first-order chi connectivity index (χ1) is 13.8. The Morgan fingerprint density at radius 3 is 1.66 bits per heavy atom. The lowest BCUT2D eigenvalue weighted by Gasteiger charge is -2.57. The number of hydroxylamine groups is 2. The van der Waals surface area contributed by atoms with Crippen molar-refractivity contribution in [1.82, 2.24) is 5.06 Å². The third-order valence-corrected chi connectivity index (χ3v) is 6.33. The topological polar surface area (TPSA) is 41.9 Å². The molecule has 1 N–H and O–H groups in total. The zero-order valence-corrected chi connectivity index (χ0v) is 18.2. The Balaban J connectivity index is 1.90. The van der Waals surface area contributed by atoms with Crippen LogP contribution in [0.15, 0.2) is 60.7 Å². The summed E-state index contributed by atoms with van der Waals surface area (Å²) in [5.41, 5.74) is 1.41. The zero-order chi connectivity index (χ0) is 21.0. The summed E-state index contributed by atoms with van der Waals surface area (Å²) in [5.74, 6) is -0.763. The van der Waals surface area contributed by atoms with E-state index in [2.05, 4.69) is 52.0 Å². The largest absolute Gasteiger partial charge is 0.345 e. The number of ether oxygens (including phenoxy) is 2. The van der Waals surface area contributed by atoms with E-state index in [1.807, 2.05) is 36.4 Å². The molecule has 3 rings (SSSR count). The molecule has 158 valence electrons. The molecule has 0 aromatic heterocycles. The predicted molar refractivity (Wildman–Crippen MR) is 115 cm³/mol. The summed E-state index contributed by atoms with van der Waals surface area (Å²) in [5, 5.41) is 12.6. The molecule has 1 saturated heterocycles. The molecule has 29 heavy (non-hydrogen) atoms. The van der Waals surface area contributed by atoms with Gasteiger partial charge in [-0.2, -0.15) is 5.06 Å². The van der Waals surface area contributed by atoms with Gasteiger partial charge in [0.25, 0.3) is 0 Å². The van der Waals surface area contributed by atoms with Crippen molar-refractivity contribution in [3.8, 4) is 0 Å². The Bertz CT molecular complexity index is 713. The third-order valence-electron chi connectivity index (χ3n) is 6.33. The van der Waals surface area contributed by atoms with Gasteiger partial charge in [-0.15, -0.1) is 0 Å². The fourth-order valence-electron chi connectivity index (χ4n) is 4.64. The number of rotatable bonds is 8. The van der Waals surface area contributed by atoms with Gasteiger partial charge in [0.2, 0.25) is 0 Å². The van der Waals surface area contributed by atoms with Gasteiger partial charge in [-0.3, -0.25) is 0 Å². The maximum absolute atomic E-state index is 11.1. The lowest BCUT2D eigenvalue weighted by molar-refractivity contribution is -0.355. The van der Waals surface area contributed by atoms with Crippen molar-refractivity contribution in [2.24, 2.45) is 0 Å². The first-order valence-corrected chi connectivity index (χ1v) is 10.7. The highest BCUT2D eigenvalue weighted by Crippen LogP contribution is 2.48. The minimum Gasteiger partial charge on any atom is -0.345 e. The Morgan fingerprint density at radius 2 is 1.24 bits per heavy atom. The normalized spacial score (nSPS) is 20.4. The number of hydrogen-bond donors (Lipinski definition) is 1. The summed E-state index contributed by atoms with van der Waals surface area (Å²) in [4.78, 5) is 0. The van der Waals surface area contributed by atoms with Crippen molar-refractivity contribution in [1.29, 1.82) is 0 Å². The number of nitrogens with zero attached hydrogens (tertiary/aromatic N) is 1. The molecule has 0 amide bonds. The molecule has 4 heteroatoms. The van der Waals surface area contributed by atoms with Crippen LogP contribution in [0.1, 0.15) is 64.5 Å². The van der Waals surface area contributed by atoms with Crippen LogP contribution in [0.2, 0.25) is 0 Å². The van der Waals surface area contributed by atoms with Crippen molar-refractivity contribution >= 4 is 0 Å². The molecule has 1 fully saturated rings. The summed E-state index contributed by atoms with van der Waals surface area (Å²) >= 11 is 0. The summed E-state index contributed by atoms with van der Waals surface area (Å²) in [7, 11) is 0. The monoisotopic (exact) mass is 397 g/mol. The van der Waals surface area contributed by atoms with Gasteiger partial charge >= 0.3 is 0 Å². The SMILES string of the molecule is CCC1(CC)CC(OCc2ccccc2)(OCc2ccccc2)CC(C)(C)N1O. The Morgan fingerprint density at radius 1 is 0.793 bits per heavy atom. The van der Waals surface area contributed by atoms with Gasteiger partial charge in [0.15, 0.2) is 5.79 Å². The van der Waals surface area contributed by atoms with E-state index in [1.54, 1.807) is 5.06 Å². The Labute approximate surface area is 175 Å². The van der Waals surface area contributed by atoms with Crippen molar-refractivity contribution < 1.29 is 14.7 Å². The van der Waals surface area contributed by atoms with E-state index in [-0.39, 0.29) is 5.54 Å². The van der Waals surface area contributed by atoms with E-state index in [9.17, 15) is 5.21 Å². The van der Waals surface area contributed by atoms with E-state index >= 15 is 0 Å². The molecule has 1 aliphatic heterocycles. The highest BCUT2D eigenvalue weighted by atomic mass is 16.7. The number of hydrogen-bond acceptors (Lipinski definition) is 4. The summed E-state index contributed by atoms with van der Waals surface area (Å²) in [6.07, 6.45) is 2.88. The first-order valence-electron chi connectivity index (χ1n) is 10.7. The zero-order valence-electron chi connectivity index (χ0n) is 18.2. The van der Waals surface area contributed by atoms with Gasteiger partial charge in [0, 0.05) is 18.4 Å². The molecule has 0 atom stereocenters. The van der Waals surface area contributed by atoms with Gasteiger partial charge in [-0.1, -0.05) is 74.5 Å². The molecule has 0 aliphatic carbocycles. The average Bonchev–Trinajstić information content (AvgIpc) is 2.75. The van der Waals surface area contributed by atoms with Gasteiger partial charge < -0.3 is 14.7 Å². The van der Waals surface area contributed by atoms with Gasteiger partial charge in [-0.05, 0) is 37.8 Å². The third kappa shape index (κ3) is 4.89. The summed E-state index contributed by atoms with van der Waals surface area (Å²) in [6, 6.07) is 20.4. The van der Waals surface area contributed by atoms with Crippen LogP contribution in [0.25, 0.3) is 0 Å². The Hall–Kier alpha value is -1.72. The second-order valence-electron chi connectivity index (χ2n) is 8.87. The molecule has 2 aromatic rings. The average molecular weight is 398 g/mol. The maximum atomic E-state index is 11.1. The van der Waals surface area contributed by atoms with Crippen molar-refractivity contribution in [3.63, 3.8) is 0 Å². The highest BCUT2D eigenvalue weighted by Gasteiger charge is 2.56. The van der Waals surface area contributed by atoms with Crippen molar-refractivity contribution in [2.75, 3.05) is 0 Å². The minimum atomic E-state index is -0.763. The van der Waals surface area contributed by atoms with Crippen LogP contribution in [0.5, 0.6) is 0 Å². The lowest BCUT2D eigenvalue weighted by Crippen LogP contribution is -2.67. The van der Waals surface area contributed by atoms with E-state index in [0.717, 1.165) is 24.0 Å². The smallest absolute Gasteiger partial charge is 0.172 e. The first kappa shape index (κ1) is 22.0. The molecule has 1 heterocycles. The van der Waals surface area contributed by atoms with Crippen LogP contribution in [0, 0.1) is 0 Å². The molecule has 1 aliphatic rings. The van der Waals surface area contributed by atoms with Crippen LogP contribution < -0.4 is 0 Å². The van der Waals surface area contributed by atoms with Crippen molar-refractivity contribution in [2.45, 2.75) is 83.5 Å². The van der Waals surface area contributed by atoms with Gasteiger partial charge in [0.05, 0.1) is 18.8 Å². The molecule has 0 saturated carbocycles. The minimum absolute atomic E-state index is 0.380. The molecule has 2 aromatic carbocycles. The fourth-order valence-corrected chi connectivity index (χ4v) is 4.64. The van der Waals surface area contributed by atoms with E-state index in [0.29, 0.717) is 26.1 Å². The quantitative estimate of drug-likeness (QED) is 0.560. The van der Waals surface area contributed by atoms with Crippen LogP contribution >= 0.6 is 0 Å². The molecular formula is C25H35NO3. The van der Waals surface area contributed by atoms with Crippen LogP contribution in [0.4, 0.5) is 0 Å². The number of benzene rings is 2. The second kappa shape index (κ2) is 8.97. The summed E-state index contributed by atoms with van der Waals surface area (Å²) in [6.45, 7) is 9.37. The predicted octanol–water partition coefficient (Wildman–Crippen LogP) is 5.94. The molecule has 0 unspecified atom stereocenters. The lowest BCUT2D eigenvalue weighted by atomic mass is 9.73. The van der Waals surface area contributed by atoms with E-state index < -0.39 is 11.3 Å². The molecule has 0 bridgehead atoms. The Kier molecular flexibility index (Phi) is 6.79. The van der Waals surface area contributed by atoms with Crippen LogP contribution in [0.3, 0.4) is 0 Å². The maximum Gasteiger partial charge on any atom is 0.172 e. The van der Waals surface area contributed by atoms with Gasteiger partial charge in [0.1, 0.15) is 0 Å². The summed E-state index contributed by atoms with van der Waals surface area (Å²) < 4.78 is 13.1. The highest BCUT2D eigenvalue weighted by molar-refractivity contribution is 5.15. The fraction of sp³-hybridized carbons (Fsp3) is 0.520. The molecular weight excluding hydrogens is 362 g/mol.